The monoisotopic (exact) mass is 789 g/mol. The van der Waals surface area contributed by atoms with Gasteiger partial charge >= 0.3 is 0 Å². The fraction of sp³-hybridized carbons (Fsp3) is 0. The van der Waals surface area contributed by atoms with E-state index < -0.39 is 0 Å². The van der Waals surface area contributed by atoms with Crippen molar-refractivity contribution < 1.29 is 0 Å². The van der Waals surface area contributed by atoms with Crippen molar-refractivity contribution in [3.8, 4) is 67.3 Å². The summed E-state index contributed by atoms with van der Waals surface area (Å²) in [6.45, 7) is 0. The zero-order valence-electron chi connectivity index (χ0n) is 33.9. The summed E-state index contributed by atoms with van der Waals surface area (Å²) in [5.74, 6) is 0. The number of fused-ring (bicyclic) bond motifs is 6. The van der Waals surface area contributed by atoms with Gasteiger partial charge < -0.3 is 9.13 Å². The predicted octanol–water partition coefficient (Wildman–Crippen LogP) is 15.6. The topological polar surface area (TPSA) is 22.8 Å². The SMILES string of the molecule is c1ccc(-c2cc(-c3ccccc3)nc(-c3cc(-c4ccc(-n5c6ccccc6c6ccccc65)cc4)cc(-c4ccc(-n5c6ccccc6c6ccccc65)cc4)c3)c2)cc1. The molecule has 3 heterocycles. The van der Waals surface area contributed by atoms with Gasteiger partial charge in [-0.25, -0.2) is 4.98 Å². The molecule has 9 aromatic carbocycles. The minimum absolute atomic E-state index is 0.928. The van der Waals surface area contributed by atoms with Crippen molar-refractivity contribution in [3.05, 3.63) is 237 Å². The molecule has 0 aliphatic heterocycles. The average Bonchev–Trinajstić information content (AvgIpc) is 3.87. The number of benzene rings is 9. The fourth-order valence-electron chi connectivity index (χ4n) is 9.35. The molecular weight excluding hydrogens is 751 g/mol. The molecule has 0 spiro atoms. The van der Waals surface area contributed by atoms with E-state index in [1.54, 1.807) is 0 Å². The van der Waals surface area contributed by atoms with Gasteiger partial charge in [0.2, 0.25) is 0 Å². The molecule has 0 atom stereocenters. The molecule has 0 aliphatic carbocycles. The van der Waals surface area contributed by atoms with E-state index in [-0.39, 0.29) is 0 Å². The van der Waals surface area contributed by atoms with Crippen molar-refractivity contribution >= 4 is 43.6 Å². The Balaban J connectivity index is 1.02. The number of pyridine rings is 1. The van der Waals surface area contributed by atoms with Crippen LogP contribution in [0.25, 0.3) is 111 Å². The summed E-state index contributed by atoms with van der Waals surface area (Å²) in [5.41, 5.74) is 17.9. The molecule has 0 saturated heterocycles. The zero-order valence-corrected chi connectivity index (χ0v) is 33.9. The Morgan fingerprint density at radius 2 is 0.532 bits per heavy atom. The number of hydrogen-bond donors (Lipinski definition) is 0. The van der Waals surface area contributed by atoms with E-state index >= 15 is 0 Å². The Morgan fingerprint density at radius 1 is 0.226 bits per heavy atom. The van der Waals surface area contributed by atoms with E-state index in [1.165, 1.54) is 43.6 Å². The smallest absolute Gasteiger partial charge is 0.0716 e. The van der Waals surface area contributed by atoms with Gasteiger partial charge in [-0.2, -0.15) is 0 Å². The maximum Gasteiger partial charge on any atom is 0.0716 e. The zero-order chi connectivity index (χ0) is 41.0. The van der Waals surface area contributed by atoms with Crippen LogP contribution in [0.4, 0.5) is 0 Å². The fourth-order valence-corrected chi connectivity index (χ4v) is 9.35. The molecule has 0 N–H and O–H groups in total. The first-order chi connectivity index (χ1) is 30.7. The Labute approximate surface area is 360 Å². The Hall–Kier alpha value is -8.27. The number of aromatic nitrogens is 3. The van der Waals surface area contributed by atoms with Crippen LogP contribution in [0, 0.1) is 0 Å². The van der Waals surface area contributed by atoms with E-state index in [9.17, 15) is 0 Å². The van der Waals surface area contributed by atoms with Crippen molar-refractivity contribution in [2.45, 2.75) is 0 Å². The van der Waals surface area contributed by atoms with Crippen LogP contribution in [0.2, 0.25) is 0 Å². The molecule has 0 unspecified atom stereocenters. The summed E-state index contributed by atoms with van der Waals surface area (Å²) in [4.78, 5) is 5.37. The van der Waals surface area contributed by atoms with Gasteiger partial charge in [-0.15, -0.1) is 0 Å². The van der Waals surface area contributed by atoms with Gasteiger partial charge in [0.25, 0.3) is 0 Å². The van der Waals surface area contributed by atoms with Crippen molar-refractivity contribution in [1.29, 1.82) is 0 Å². The van der Waals surface area contributed by atoms with E-state index in [0.29, 0.717) is 0 Å². The number of rotatable bonds is 7. The second-order valence-corrected chi connectivity index (χ2v) is 16.0. The molecular formula is C59H39N3. The molecule has 3 aromatic heterocycles. The standard InChI is InChI=1S/C59H39N3/c1-3-15-40(16-4-1)46-38-54(43-17-5-2-6-18-43)60-55(39-46)47-36-44(41-27-31-48(32-28-41)61-56-23-11-7-19-50(56)51-20-8-12-24-57(51)61)35-45(37-47)42-29-33-49(34-30-42)62-58-25-13-9-21-52(58)53-22-10-14-26-59(53)62/h1-39H. The lowest BCUT2D eigenvalue weighted by molar-refractivity contribution is 1.18. The summed E-state index contributed by atoms with van der Waals surface area (Å²) in [5, 5.41) is 5.03. The largest absolute Gasteiger partial charge is 0.309 e. The lowest BCUT2D eigenvalue weighted by atomic mass is 9.93. The molecule has 12 rings (SSSR count). The maximum atomic E-state index is 5.37. The van der Waals surface area contributed by atoms with Gasteiger partial charge in [0, 0.05) is 44.0 Å². The number of hydrogen-bond acceptors (Lipinski definition) is 1. The minimum Gasteiger partial charge on any atom is -0.309 e. The van der Waals surface area contributed by atoms with Gasteiger partial charge in [-0.05, 0) is 112 Å². The summed E-state index contributed by atoms with van der Waals surface area (Å²) >= 11 is 0. The van der Waals surface area contributed by atoms with Gasteiger partial charge in [-0.3, -0.25) is 0 Å². The first-order valence-corrected chi connectivity index (χ1v) is 21.2. The van der Waals surface area contributed by atoms with Crippen LogP contribution in [0.3, 0.4) is 0 Å². The minimum atomic E-state index is 0.928. The van der Waals surface area contributed by atoms with Crippen molar-refractivity contribution in [2.75, 3.05) is 0 Å². The van der Waals surface area contributed by atoms with Gasteiger partial charge in [0.05, 0.1) is 33.5 Å². The molecule has 290 valence electrons. The molecule has 0 bridgehead atoms. The van der Waals surface area contributed by atoms with Crippen LogP contribution >= 0.6 is 0 Å². The molecule has 3 heteroatoms. The highest BCUT2D eigenvalue weighted by atomic mass is 15.0. The van der Waals surface area contributed by atoms with E-state index in [4.69, 9.17) is 4.98 Å². The van der Waals surface area contributed by atoms with Crippen molar-refractivity contribution in [1.82, 2.24) is 14.1 Å². The molecule has 0 aliphatic rings. The summed E-state index contributed by atoms with van der Waals surface area (Å²) in [6.07, 6.45) is 0. The predicted molar refractivity (Wildman–Crippen MR) is 260 cm³/mol. The lowest BCUT2D eigenvalue weighted by Crippen LogP contribution is -1.95. The average molecular weight is 790 g/mol. The third kappa shape index (κ3) is 6.10. The number of nitrogens with zero attached hydrogens (tertiary/aromatic N) is 3. The third-order valence-electron chi connectivity index (χ3n) is 12.3. The molecule has 3 nitrogen and oxygen atoms in total. The first-order valence-electron chi connectivity index (χ1n) is 21.2. The van der Waals surface area contributed by atoms with Crippen LogP contribution < -0.4 is 0 Å². The Morgan fingerprint density at radius 3 is 0.952 bits per heavy atom. The molecule has 0 fully saturated rings. The van der Waals surface area contributed by atoms with Crippen LogP contribution in [0.1, 0.15) is 0 Å². The summed E-state index contributed by atoms with van der Waals surface area (Å²) in [6, 6.07) is 85.3. The third-order valence-corrected chi connectivity index (χ3v) is 12.3. The van der Waals surface area contributed by atoms with Crippen LogP contribution in [-0.4, -0.2) is 14.1 Å². The van der Waals surface area contributed by atoms with Crippen molar-refractivity contribution in [3.63, 3.8) is 0 Å². The van der Waals surface area contributed by atoms with Gasteiger partial charge in [0.1, 0.15) is 0 Å². The molecule has 12 aromatic rings. The summed E-state index contributed by atoms with van der Waals surface area (Å²) < 4.78 is 4.75. The van der Waals surface area contributed by atoms with E-state index in [2.05, 4.69) is 246 Å². The van der Waals surface area contributed by atoms with Crippen LogP contribution in [0.5, 0.6) is 0 Å². The van der Waals surface area contributed by atoms with Crippen LogP contribution in [0.15, 0.2) is 237 Å². The van der Waals surface area contributed by atoms with Gasteiger partial charge in [-0.1, -0.05) is 158 Å². The maximum absolute atomic E-state index is 5.37. The highest BCUT2D eigenvalue weighted by Gasteiger charge is 2.16. The van der Waals surface area contributed by atoms with Crippen LogP contribution in [-0.2, 0) is 0 Å². The Kier molecular flexibility index (Phi) is 8.50. The van der Waals surface area contributed by atoms with E-state index in [1.807, 2.05) is 0 Å². The Bertz CT molecular complexity index is 3260. The normalized spacial score (nSPS) is 11.5. The molecule has 62 heavy (non-hydrogen) atoms. The second kappa shape index (κ2) is 14.8. The molecule has 0 amide bonds. The molecule has 0 radical (unpaired) electrons. The van der Waals surface area contributed by atoms with Crippen molar-refractivity contribution in [2.24, 2.45) is 0 Å². The first kappa shape index (κ1) is 35.7. The number of para-hydroxylation sites is 4. The molecule has 0 saturated carbocycles. The quantitative estimate of drug-likeness (QED) is 0.158. The van der Waals surface area contributed by atoms with Gasteiger partial charge in [0.15, 0.2) is 0 Å². The summed E-state index contributed by atoms with van der Waals surface area (Å²) in [7, 11) is 0. The van der Waals surface area contributed by atoms with E-state index in [0.717, 1.165) is 67.3 Å². The highest BCUT2D eigenvalue weighted by Crippen LogP contribution is 2.38. The highest BCUT2D eigenvalue weighted by molar-refractivity contribution is 6.10. The lowest BCUT2D eigenvalue weighted by Gasteiger charge is -2.15. The second-order valence-electron chi connectivity index (χ2n) is 16.0.